The minimum absolute atomic E-state index is 0.198. The van der Waals surface area contributed by atoms with E-state index in [1.54, 1.807) is 0 Å². The standard InChI is InChI=1S/C18H21NS/c1-5-14-7-9-17(20-14)16-11-12-10-13(18(2,3)4)6-8-15(12)19-16/h6-11,19H,5H2,1-4H3. The highest BCUT2D eigenvalue weighted by atomic mass is 32.1. The molecule has 0 amide bonds. The summed E-state index contributed by atoms with van der Waals surface area (Å²) >= 11 is 1.88. The van der Waals surface area contributed by atoms with Crippen molar-refractivity contribution >= 4 is 22.2 Å². The van der Waals surface area contributed by atoms with Crippen molar-refractivity contribution in [1.82, 2.24) is 4.98 Å². The van der Waals surface area contributed by atoms with Gasteiger partial charge >= 0.3 is 0 Å². The number of aromatic amines is 1. The minimum atomic E-state index is 0.198. The molecule has 0 atom stereocenters. The van der Waals surface area contributed by atoms with Gasteiger partial charge in [0.15, 0.2) is 0 Å². The number of thiophene rings is 1. The maximum Gasteiger partial charge on any atom is 0.0566 e. The first-order valence-corrected chi connectivity index (χ1v) is 8.01. The van der Waals surface area contributed by atoms with E-state index in [1.165, 1.54) is 31.9 Å². The zero-order chi connectivity index (χ0) is 14.3. The Bertz CT molecular complexity index is 740. The monoisotopic (exact) mass is 283 g/mol. The van der Waals surface area contributed by atoms with Crippen LogP contribution in [0, 0.1) is 0 Å². The van der Waals surface area contributed by atoms with Gasteiger partial charge in [-0.05, 0) is 47.7 Å². The number of benzene rings is 1. The molecule has 0 saturated carbocycles. The van der Waals surface area contributed by atoms with Gasteiger partial charge in [0.05, 0.1) is 10.6 Å². The van der Waals surface area contributed by atoms with Crippen LogP contribution in [0.25, 0.3) is 21.5 Å². The summed E-state index contributed by atoms with van der Waals surface area (Å²) in [5.41, 5.74) is 4.04. The summed E-state index contributed by atoms with van der Waals surface area (Å²) in [4.78, 5) is 6.31. The van der Waals surface area contributed by atoms with Crippen molar-refractivity contribution in [3.05, 3.63) is 46.8 Å². The highest BCUT2D eigenvalue weighted by Crippen LogP contribution is 2.32. The van der Waals surface area contributed by atoms with Crippen LogP contribution in [0.3, 0.4) is 0 Å². The van der Waals surface area contributed by atoms with Crippen LogP contribution in [0.5, 0.6) is 0 Å². The molecule has 3 aromatic rings. The van der Waals surface area contributed by atoms with Crippen LogP contribution in [0.1, 0.15) is 38.1 Å². The van der Waals surface area contributed by atoms with Gasteiger partial charge in [-0.15, -0.1) is 11.3 Å². The summed E-state index contributed by atoms with van der Waals surface area (Å²) < 4.78 is 0. The molecule has 0 aliphatic heterocycles. The largest absolute Gasteiger partial charge is 0.354 e. The molecule has 3 rings (SSSR count). The molecule has 0 radical (unpaired) electrons. The lowest BCUT2D eigenvalue weighted by atomic mass is 9.86. The predicted molar refractivity (Wildman–Crippen MR) is 89.7 cm³/mol. The van der Waals surface area contributed by atoms with E-state index in [1.807, 2.05) is 11.3 Å². The predicted octanol–water partition coefficient (Wildman–Crippen LogP) is 5.76. The third-order valence-electron chi connectivity index (χ3n) is 3.76. The zero-order valence-electron chi connectivity index (χ0n) is 12.6. The number of nitrogens with one attached hydrogen (secondary N) is 1. The van der Waals surface area contributed by atoms with Gasteiger partial charge in [0, 0.05) is 15.8 Å². The first-order valence-electron chi connectivity index (χ1n) is 7.19. The second-order valence-corrected chi connectivity index (χ2v) is 7.52. The van der Waals surface area contributed by atoms with Crippen LogP contribution in [0.15, 0.2) is 36.4 Å². The lowest BCUT2D eigenvalue weighted by Gasteiger charge is -2.18. The van der Waals surface area contributed by atoms with Crippen molar-refractivity contribution in [2.75, 3.05) is 0 Å². The SMILES string of the molecule is CCc1ccc(-c2cc3cc(C(C)(C)C)ccc3[nH]2)s1. The van der Waals surface area contributed by atoms with Crippen molar-refractivity contribution in [2.24, 2.45) is 0 Å². The molecule has 0 unspecified atom stereocenters. The van der Waals surface area contributed by atoms with Crippen LogP contribution in [-0.4, -0.2) is 4.98 Å². The Morgan fingerprint density at radius 3 is 2.50 bits per heavy atom. The van der Waals surface area contributed by atoms with Crippen LogP contribution in [0.4, 0.5) is 0 Å². The van der Waals surface area contributed by atoms with E-state index in [2.05, 4.69) is 69.1 Å². The first-order chi connectivity index (χ1) is 9.47. The fraction of sp³-hybridized carbons (Fsp3) is 0.333. The molecule has 0 saturated heterocycles. The van der Waals surface area contributed by atoms with Gasteiger partial charge in [-0.25, -0.2) is 0 Å². The molecule has 20 heavy (non-hydrogen) atoms. The topological polar surface area (TPSA) is 15.8 Å². The van der Waals surface area contributed by atoms with E-state index in [-0.39, 0.29) is 5.41 Å². The summed E-state index contributed by atoms with van der Waals surface area (Å²) in [5.74, 6) is 0. The van der Waals surface area contributed by atoms with E-state index in [4.69, 9.17) is 0 Å². The molecule has 2 heterocycles. The Morgan fingerprint density at radius 1 is 1.05 bits per heavy atom. The molecule has 2 aromatic heterocycles. The maximum atomic E-state index is 3.54. The van der Waals surface area contributed by atoms with Crippen molar-refractivity contribution in [2.45, 2.75) is 39.5 Å². The first kappa shape index (κ1) is 13.4. The molecule has 1 aromatic carbocycles. The number of rotatable bonds is 2. The Hall–Kier alpha value is -1.54. The molecule has 1 N–H and O–H groups in total. The maximum absolute atomic E-state index is 3.54. The van der Waals surface area contributed by atoms with E-state index in [0.717, 1.165) is 6.42 Å². The van der Waals surface area contributed by atoms with E-state index >= 15 is 0 Å². The second-order valence-electron chi connectivity index (χ2n) is 6.35. The molecule has 1 nitrogen and oxygen atoms in total. The molecular weight excluding hydrogens is 262 g/mol. The van der Waals surface area contributed by atoms with Crippen LogP contribution in [-0.2, 0) is 11.8 Å². The molecule has 0 aliphatic carbocycles. The molecule has 2 heteroatoms. The third kappa shape index (κ3) is 2.40. The number of aryl methyl sites for hydroxylation is 1. The van der Waals surface area contributed by atoms with Gasteiger partial charge < -0.3 is 4.98 Å². The summed E-state index contributed by atoms with van der Waals surface area (Å²) in [6.07, 6.45) is 1.11. The molecular formula is C18H21NS. The number of hydrogen-bond donors (Lipinski definition) is 1. The Kier molecular flexibility index (Phi) is 3.21. The van der Waals surface area contributed by atoms with Gasteiger partial charge in [-0.2, -0.15) is 0 Å². The zero-order valence-corrected chi connectivity index (χ0v) is 13.4. The number of H-pyrrole nitrogens is 1. The van der Waals surface area contributed by atoms with Crippen LogP contribution < -0.4 is 0 Å². The number of hydrogen-bond acceptors (Lipinski definition) is 1. The number of fused-ring (bicyclic) bond motifs is 1. The average molecular weight is 283 g/mol. The molecule has 0 aliphatic rings. The molecule has 0 bridgehead atoms. The molecule has 0 spiro atoms. The van der Waals surface area contributed by atoms with Gasteiger partial charge in [-0.1, -0.05) is 33.8 Å². The summed E-state index contributed by atoms with van der Waals surface area (Å²) in [6.45, 7) is 8.98. The fourth-order valence-corrected chi connectivity index (χ4v) is 3.36. The third-order valence-corrected chi connectivity index (χ3v) is 5.03. The quantitative estimate of drug-likeness (QED) is 0.615. The summed E-state index contributed by atoms with van der Waals surface area (Å²) in [5, 5.41) is 1.30. The van der Waals surface area contributed by atoms with Crippen LogP contribution in [0.2, 0.25) is 0 Å². The highest BCUT2D eigenvalue weighted by Gasteiger charge is 2.14. The molecule has 0 fully saturated rings. The Balaban J connectivity index is 2.06. The van der Waals surface area contributed by atoms with E-state index in [0.29, 0.717) is 0 Å². The normalized spacial score (nSPS) is 12.2. The van der Waals surface area contributed by atoms with Gasteiger partial charge in [0.1, 0.15) is 0 Å². The molecule has 104 valence electrons. The lowest BCUT2D eigenvalue weighted by Crippen LogP contribution is -2.10. The van der Waals surface area contributed by atoms with Gasteiger partial charge in [0.25, 0.3) is 0 Å². The van der Waals surface area contributed by atoms with Crippen molar-refractivity contribution in [1.29, 1.82) is 0 Å². The average Bonchev–Trinajstić information content (AvgIpc) is 3.02. The van der Waals surface area contributed by atoms with Crippen molar-refractivity contribution in [3.63, 3.8) is 0 Å². The Morgan fingerprint density at radius 2 is 1.85 bits per heavy atom. The summed E-state index contributed by atoms with van der Waals surface area (Å²) in [7, 11) is 0. The fourth-order valence-electron chi connectivity index (χ4n) is 2.44. The van der Waals surface area contributed by atoms with Crippen LogP contribution >= 0.6 is 11.3 Å². The Labute approximate surface area is 124 Å². The van der Waals surface area contributed by atoms with Crippen molar-refractivity contribution < 1.29 is 0 Å². The van der Waals surface area contributed by atoms with Crippen molar-refractivity contribution in [3.8, 4) is 10.6 Å². The highest BCUT2D eigenvalue weighted by molar-refractivity contribution is 7.15. The smallest absolute Gasteiger partial charge is 0.0566 e. The summed E-state index contributed by atoms with van der Waals surface area (Å²) in [6, 6.07) is 13.5. The second kappa shape index (κ2) is 4.78. The lowest BCUT2D eigenvalue weighted by molar-refractivity contribution is 0.591. The van der Waals surface area contributed by atoms with Gasteiger partial charge in [-0.3, -0.25) is 0 Å². The van der Waals surface area contributed by atoms with E-state index < -0.39 is 0 Å². The number of aromatic nitrogens is 1. The van der Waals surface area contributed by atoms with E-state index in [9.17, 15) is 0 Å². The van der Waals surface area contributed by atoms with Gasteiger partial charge in [0.2, 0.25) is 0 Å². The minimum Gasteiger partial charge on any atom is -0.354 e.